The first-order chi connectivity index (χ1) is 9.00. The fraction of sp³-hybridized carbons (Fsp3) is 0.133. The molecular weight excluding hydrogens is 245 g/mol. The van der Waals surface area contributed by atoms with Crippen LogP contribution in [0.3, 0.4) is 0 Å². The van der Waals surface area contributed by atoms with Gasteiger partial charge in [0.15, 0.2) is 0 Å². The summed E-state index contributed by atoms with van der Waals surface area (Å²) in [6, 6.07) is 11.1. The highest BCUT2D eigenvalue weighted by Gasteiger charge is 2.21. The van der Waals surface area contributed by atoms with Crippen molar-refractivity contribution in [2.45, 2.75) is 6.92 Å². The fourth-order valence-electron chi connectivity index (χ4n) is 1.78. The van der Waals surface area contributed by atoms with Gasteiger partial charge in [-0.25, -0.2) is 4.39 Å². The van der Waals surface area contributed by atoms with Gasteiger partial charge in [0.2, 0.25) is 0 Å². The van der Waals surface area contributed by atoms with Gasteiger partial charge in [0.05, 0.1) is 0 Å². The molecule has 0 unspecified atom stereocenters. The number of carbonyl (C=O) groups excluding carboxylic acids is 1. The predicted molar refractivity (Wildman–Crippen MR) is 72.0 cm³/mol. The number of carbonyl (C=O) groups is 1. The molecule has 0 aromatic heterocycles. The first-order valence-corrected chi connectivity index (χ1v) is 5.83. The zero-order valence-corrected chi connectivity index (χ0v) is 10.7. The molecule has 19 heavy (non-hydrogen) atoms. The Kier molecular flexibility index (Phi) is 3.51. The lowest BCUT2D eigenvalue weighted by Gasteiger charge is -2.18. The second kappa shape index (κ2) is 5.10. The molecule has 1 amide bonds. The van der Waals surface area contributed by atoms with Gasteiger partial charge in [-0.1, -0.05) is 23.8 Å². The van der Waals surface area contributed by atoms with E-state index in [4.69, 9.17) is 0 Å². The zero-order chi connectivity index (χ0) is 14.0. The third-order valence-electron chi connectivity index (χ3n) is 2.93. The lowest BCUT2D eigenvalue weighted by Crippen LogP contribution is -2.27. The molecule has 3 nitrogen and oxygen atoms in total. The van der Waals surface area contributed by atoms with Crippen molar-refractivity contribution in [2.75, 3.05) is 11.9 Å². The molecule has 0 bridgehead atoms. The van der Waals surface area contributed by atoms with E-state index in [1.807, 2.05) is 19.1 Å². The summed E-state index contributed by atoms with van der Waals surface area (Å²) in [4.78, 5) is 13.5. The number of phenolic OH excluding ortho intramolecular Hbond substituents is 1. The molecule has 0 aliphatic carbocycles. The van der Waals surface area contributed by atoms with Crippen LogP contribution in [0.25, 0.3) is 0 Å². The summed E-state index contributed by atoms with van der Waals surface area (Å²) in [5.41, 5.74) is 1.39. The number of aryl methyl sites for hydroxylation is 1. The minimum atomic E-state index is -0.732. The topological polar surface area (TPSA) is 40.5 Å². The lowest BCUT2D eigenvalue weighted by atomic mass is 10.1. The summed E-state index contributed by atoms with van der Waals surface area (Å²) >= 11 is 0. The van der Waals surface area contributed by atoms with Crippen LogP contribution in [0.1, 0.15) is 15.9 Å². The highest BCUT2D eigenvalue weighted by Crippen LogP contribution is 2.24. The fourth-order valence-corrected chi connectivity index (χ4v) is 1.78. The van der Waals surface area contributed by atoms with Crippen LogP contribution in [0.15, 0.2) is 42.5 Å². The molecule has 0 radical (unpaired) electrons. The number of halogens is 1. The molecule has 4 heteroatoms. The number of amides is 1. The Morgan fingerprint density at radius 3 is 2.37 bits per heavy atom. The molecule has 98 valence electrons. The van der Waals surface area contributed by atoms with Crippen LogP contribution >= 0.6 is 0 Å². The van der Waals surface area contributed by atoms with Crippen molar-refractivity contribution < 1.29 is 14.3 Å². The van der Waals surface area contributed by atoms with E-state index in [1.165, 1.54) is 17.0 Å². The summed E-state index contributed by atoms with van der Waals surface area (Å²) in [5.74, 6) is -1.67. The van der Waals surface area contributed by atoms with Gasteiger partial charge >= 0.3 is 0 Å². The van der Waals surface area contributed by atoms with E-state index in [0.717, 1.165) is 11.6 Å². The first kappa shape index (κ1) is 13.1. The molecule has 2 rings (SSSR count). The van der Waals surface area contributed by atoms with E-state index in [2.05, 4.69) is 0 Å². The minimum Gasteiger partial charge on any atom is -0.507 e. The van der Waals surface area contributed by atoms with Gasteiger partial charge in [-0.2, -0.15) is 0 Å². The van der Waals surface area contributed by atoms with Crippen LogP contribution in [0.4, 0.5) is 10.1 Å². The van der Waals surface area contributed by atoms with E-state index in [1.54, 1.807) is 19.2 Å². The van der Waals surface area contributed by atoms with Crippen molar-refractivity contribution in [1.82, 2.24) is 0 Å². The molecule has 2 aromatic carbocycles. The maximum Gasteiger partial charge on any atom is 0.264 e. The van der Waals surface area contributed by atoms with Gasteiger partial charge in [0, 0.05) is 12.7 Å². The van der Waals surface area contributed by atoms with Gasteiger partial charge in [0.1, 0.15) is 17.1 Å². The molecule has 0 aliphatic heterocycles. The number of hydrogen-bond donors (Lipinski definition) is 1. The molecule has 0 saturated carbocycles. The maximum atomic E-state index is 13.6. The van der Waals surface area contributed by atoms with Gasteiger partial charge < -0.3 is 10.0 Å². The van der Waals surface area contributed by atoms with Crippen molar-refractivity contribution >= 4 is 11.6 Å². The Morgan fingerprint density at radius 1 is 1.16 bits per heavy atom. The summed E-state index contributed by atoms with van der Waals surface area (Å²) < 4.78 is 13.6. The Bertz CT molecular complexity index is 588. The average molecular weight is 259 g/mol. The molecule has 0 heterocycles. The molecule has 0 aliphatic rings. The number of anilines is 1. The maximum absolute atomic E-state index is 13.6. The van der Waals surface area contributed by atoms with E-state index >= 15 is 0 Å². The highest BCUT2D eigenvalue weighted by atomic mass is 19.1. The summed E-state index contributed by atoms with van der Waals surface area (Å²) in [5, 5.41) is 9.61. The van der Waals surface area contributed by atoms with Crippen molar-refractivity contribution in [3.05, 3.63) is 59.4 Å². The number of phenols is 1. The first-order valence-electron chi connectivity index (χ1n) is 5.83. The molecular formula is C15H14FNO2. The third-order valence-corrected chi connectivity index (χ3v) is 2.93. The lowest BCUT2D eigenvalue weighted by molar-refractivity contribution is 0.0986. The third kappa shape index (κ3) is 2.57. The summed E-state index contributed by atoms with van der Waals surface area (Å²) in [7, 11) is 1.54. The number of benzene rings is 2. The smallest absolute Gasteiger partial charge is 0.264 e. The highest BCUT2D eigenvalue weighted by molar-refractivity contribution is 6.07. The molecule has 0 spiro atoms. The van der Waals surface area contributed by atoms with Crippen LogP contribution in [0.5, 0.6) is 5.75 Å². The largest absolute Gasteiger partial charge is 0.507 e. The number of hydrogen-bond acceptors (Lipinski definition) is 2. The van der Waals surface area contributed by atoms with Crippen LogP contribution in [0.2, 0.25) is 0 Å². The summed E-state index contributed by atoms with van der Waals surface area (Å²) in [6.07, 6.45) is 0. The molecule has 0 saturated heterocycles. The Morgan fingerprint density at radius 2 is 1.79 bits per heavy atom. The van der Waals surface area contributed by atoms with Gasteiger partial charge in [-0.15, -0.1) is 0 Å². The van der Waals surface area contributed by atoms with Crippen molar-refractivity contribution in [1.29, 1.82) is 0 Å². The van der Waals surface area contributed by atoms with Crippen molar-refractivity contribution in [3.63, 3.8) is 0 Å². The van der Waals surface area contributed by atoms with E-state index in [0.29, 0.717) is 5.69 Å². The van der Waals surface area contributed by atoms with Crippen LogP contribution in [-0.4, -0.2) is 18.1 Å². The number of rotatable bonds is 2. The van der Waals surface area contributed by atoms with Crippen molar-refractivity contribution in [2.24, 2.45) is 0 Å². The molecule has 0 atom stereocenters. The summed E-state index contributed by atoms with van der Waals surface area (Å²) in [6.45, 7) is 1.94. The number of aromatic hydroxyl groups is 1. The van der Waals surface area contributed by atoms with Gasteiger partial charge in [-0.3, -0.25) is 4.79 Å². The SMILES string of the molecule is Cc1ccc(N(C)C(=O)c2c(O)cccc2F)cc1. The Labute approximate surface area is 110 Å². The van der Waals surface area contributed by atoms with Gasteiger partial charge in [-0.05, 0) is 31.2 Å². The quantitative estimate of drug-likeness (QED) is 0.900. The van der Waals surface area contributed by atoms with Gasteiger partial charge in [0.25, 0.3) is 5.91 Å². The number of nitrogens with zero attached hydrogens (tertiary/aromatic N) is 1. The second-order valence-electron chi connectivity index (χ2n) is 4.33. The average Bonchev–Trinajstić information content (AvgIpc) is 2.38. The van der Waals surface area contributed by atoms with Crippen LogP contribution in [0, 0.1) is 12.7 Å². The predicted octanol–water partition coefficient (Wildman–Crippen LogP) is 3.12. The standard InChI is InChI=1S/C15H14FNO2/c1-10-6-8-11(9-7-10)17(2)15(19)14-12(16)4-3-5-13(14)18/h3-9,18H,1-2H3. The molecule has 2 aromatic rings. The zero-order valence-electron chi connectivity index (χ0n) is 10.7. The Hall–Kier alpha value is -2.36. The van der Waals surface area contributed by atoms with E-state index in [-0.39, 0.29) is 11.3 Å². The molecule has 1 N–H and O–H groups in total. The normalized spacial score (nSPS) is 10.3. The molecule has 0 fully saturated rings. The van der Waals surface area contributed by atoms with E-state index in [9.17, 15) is 14.3 Å². The Balaban J connectivity index is 2.36. The van der Waals surface area contributed by atoms with Crippen LogP contribution in [-0.2, 0) is 0 Å². The minimum absolute atomic E-state index is 0.314. The monoisotopic (exact) mass is 259 g/mol. The van der Waals surface area contributed by atoms with E-state index < -0.39 is 11.7 Å². The van der Waals surface area contributed by atoms with Crippen molar-refractivity contribution in [3.8, 4) is 5.75 Å². The second-order valence-corrected chi connectivity index (χ2v) is 4.33. The van der Waals surface area contributed by atoms with Crippen LogP contribution < -0.4 is 4.90 Å².